The van der Waals surface area contributed by atoms with Crippen molar-refractivity contribution in [3.63, 3.8) is 0 Å². The topological polar surface area (TPSA) is 52.7 Å². The Morgan fingerprint density at radius 3 is 2.54 bits per heavy atom. The maximum absolute atomic E-state index is 13.1. The predicted molar refractivity (Wildman–Crippen MR) is 99.9 cm³/mol. The zero-order valence-corrected chi connectivity index (χ0v) is 16.0. The third-order valence-electron chi connectivity index (χ3n) is 4.88. The lowest BCUT2D eigenvalue weighted by Crippen LogP contribution is -2.46. The van der Waals surface area contributed by atoms with E-state index < -0.39 is 0 Å². The van der Waals surface area contributed by atoms with E-state index in [2.05, 4.69) is 24.1 Å². The second kappa shape index (κ2) is 9.67. The molecule has 1 aliphatic rings. The van der Waals surface area contributed by atoms with Crippen LogP contribution in [0.1, 0.15) is 39.2 Å². The Kier molecular flexibility index (Phi) is 7.57. The van der Waals surface area contributed by atoms with Crippen LogP contribution in [0.15, 0.2) is 24.3 Å². The molecule has 1 aromatic rings. The molecule has 6 heteroatoms. The summed E-state index contributed by atoms with van der Waals surface area (Å²) in [5.74, 6) is 0.160. The molecular weight excluding hydrogens is 333 g/mol. The minimum absolute atomic E-state index is 0.0908. The van der Waals surface area contributed by atoms with Gasteiger partial charge in [0, 0.05) is 52.1 Å². The third kappa shape index (κ3) is 6.09. The monoisotopic (exact) mass is 363 g/mol. The summed E-state index contributed by atoms with van der Waals surface area (Å²) < 4.78 is 13.1. The summed E-state index contributed by atoms with van der Waals surface area (Å²) in [7, 11) is 0. The van der Waals surface area contributed by atoms with Gasteiger partial charge in [0.2, 0.25) is 11.8 Å². The lowest BCUT2D eigenvalue weighted by Gasteiger charge is -2.34. The Balaban J connectivity index is 2.00. The van der Waals surface area contributed by atoms with E-state index in [4.69, 9.17) is 0 Å². The maximum atomic E-state index is 13.1. The molecule has 0 aliphatic carbocycles. The zero-order valence-electron chi connectivity index (χ0n) is 16.0. The van der Waals surface area contributed by atoms with E-state index >= 15 is 0 Å². The molecule has 1 atom stereocenters. The van der Waals surface area contributed by atoms with Crippen LogP contribution in [0.3, 0.4) is 0 Å². The standard InChI is InChI=1S/C20H30FN3O2/c1-15(2)19-14-24(20(26)9-10-22-16(3)25)12-4-11-23(19)13-17-5-7-18(21)8-6-17/h5-8,15,19H,4,9-14H2,1-3H3,(H,22,25)/t19-/m1/s1. The van der Waals surface area contributed by atoms with Crippen molar-refractivity contribution in [3.8, 4) is 0 Å². The lowest BCUT2D eigenvalue weighted by molar-refractivity contribution is -0.131. The molecule has 0 unspecified atom stereocenters. The Morgan fingerprint density at radius 1 is 1.23 bits per heavy atom. The Bertz CT molecular complexity index is 604. The average Bonchev–Trinajstić information content (AvgIpc) is 2.79. The van der Waals surface area contributed by atoms with E-state index in [1.165, 1.54) is 19.1 Å². The number of halogens is 1. The predicted octanol–water partition coefficient (Wildman–Crippen LogP) is 2.41. The van der Waals surface area contributed by atoms with E-state index in [1.807, 2.05) is 17.0 Å². The van der Waals surface area contributed by atoms with Crippen molar-refractivity contribution < 1.29 is 14.0 Å². The maximum Gasteiger partial charge on any atom is 0.224 e. The molecular formula is C20H30FN3O2. The fourth-order valence-electron chi connectivity index (χ4n) is 3.45. The van der Waals surface area contributed by atoms with Gasteiger partial charge in [-0.2, -0.15) is 0 Å². The number of nitrogens with one attached hydrogen (secondary N) is 1. The second-order valence-corrected chi connectivity index (χ2v) is 7.33. The van der Waals surface area contributed by atoms with Gasteiger partial charge in [-0.25, -0.2) is 4.39 Å². The number of hydrogen-bond donors (Lipinski definition) is 1. The Morgan fingerprint density at radius 2 is 1.92 bits per heavy atom. The van der Waals surface area contributed by atoms with Crippen molar-refractivity contribution in [1.29, 1.82) is 0 Å². The fourth-order valence-corrected chi connectivity index (χ4v) is 3.45. The summed E-state index contributed by atoms with van der Waals surface area (Å²) in [6.07, 6.45) is 1.25. The smallest absolute Gasteiger partial charge is 0.224 e. The normalized spacial score (nSPS) is 18.7. The highest BCUT2D eigenvalue weighted by Crippen LogP contribution is 2.20. The van der Waals surface area contributed by atoms with Crippen molar-refractivity contribution in [1.82, 2.24) is 15.1 Å². The summed E-state index contributed by atoms with van der Waals surface area (Å²) >= 11 is 0. The molecule has 0 aromatic heterocycles. The Labute approximate surface area is 155 Å². The van der Waals surface area contributed by atoms with Crippen molar-refractivity contribution in [2.24, 2.45) is 5.92 Å². The number of nitrogens with zero attached hydrogens (tertiary/aromatic N) is 2. The third-order valence-corrected chi connectivity index (χ3v) is 4.88. The molecule has 1 heterocycles. The highest BCUT2D eigenvalue weighted by Gasteiger charge is 2.29. The number of carbonyl (C=O) groups excluding carboxylic acids is 2. The molecule has 1 fully saturated rings. The van der Waals surface area contributed by atoms with Crippen LogP contribution in [0, 0.1) is 11.7 Å². The molecule has 1 aliphatic heterocycles. The molecule has 0 bridgehead atoms. The van der Waals surface area contributed by atoms with E-state index in [0.717, 1.165) is 31.6 Å². The number of benzene rings is 1. The molecule has 2 amide bonds. The molecule has 26 heavy (non-hydrogen) atoms. The van der Waals surface area contributed by atoms with Crippen LogP contribution < -0.4 is 5.32 Å². The van der Waals surface area contributed by atoms with E-state index in [9.17, 15) is 14.0 Å². The van der Waals surface area contributed by atoms with Gasteiger partial charge >= 0.3 is 0 Å². The largest absolute Gasteiger partial charge is 0.356 e. The van der Waals surface area contributed by atoms with Gasteiger partial charge in [0.1, 0.15) is 5.82 Å². The average molecular weight is 363 g/mol. The van der Waals surface area contributed by atoms with Gasteiger partial charge in [-0.1, -0.05) is 26.0 Å². The molecule has 2 rings (SSSR count). The first-order valence-corrected chi connectivity index (χ1v) is 9.37. The Hall–Kier alpha value is -1.95. The summed E-state index contributed by atoms with van der Waals surface area (Å²) in [5, 5.41) is 2.68. The fraction of sp³-hybridized carbons (Fsp3) is 0.600. The first-order chi connectivity index (χ1) is 12.4. The molecule has 0 spiro atoms. The van der Waals surface area contributed by atoms with Crippen LogP contribution in [-0.4, -0.2) is 53.8 Å². The highest BCUT2D eigenvalue weighted by atomic mass is 19.1. The molecule has 0 radical (unpaired) electrons. The molecule has 5 nitrogen and oxygen atoms in total. The first-order valence-electron chi connectivity index (χ1n) is 9.37. The summed E-state index contributed by atoms with van der Waals surface area (Å²) in [5.41, 5.74) is 1.09. The first kappa shape index (κ1) is 20.4. The number of amides is 2. The summed E-state index contributed by atoms with van der Waals surface area (Å²) in [6, 6.07) is 6.90. The van der Waals surface area contributed by atoms with Gasteiger partial charge in [0.05, 0.1) is 0 Å². The highest BCUT2D eigenvalue weighted by molar-refractivity contribution is 5.78. The molecule has 1 aromatic carbocycles. The van der Waals surface area contributed by atoms with Crippen molar-refractivity contribution in [2.45, 2.75) is 46.2 Å². The van der Waals surface area contributed by atoms with Gasteiger partial charge in [0.25, 0.3) is 0 Å². The van der Waals surface area contributed by atoms with Gasteiger partial charge in [-0.3, -0.25) is 14.5 Å². The van der Waals surface area contributed by atoms with Gasteiger partial charge in [0.15, 0.2) is 0 Å². The lowest BCUT2D eigenvalue weighted by atomic mass is 10.0. The molecule has 1 saturated heterocycles. The van der Waals surface area contributed by atoms with Crippen molar-refractivity contribution in [3.05, 3.63) is 35.6 Å². The van der Waals surface area contributed by atoms with Crippen LogP contribution in [-0.2, 0) is 16.1 Å². The van der Waals surface area contributed by atoms with Crippen LogP contribution in [0.5, 0.6) is 0 Å². The van der Waals surface area contributed by atoms with Crippen LogP contribution in [0.2, 0.25) is 0 Å². The zero-order chi connectivity index (χ0) is 19.1. The molecule has 1 N–H and O–H groups in total. The van der Waals surface area contributed by atoms with E-state index in [1.54, 1.807) is 0 Å². The van der Waals surface area contributed by atoms with Gasteiger partial charge < -0.3 is 10.2 Å². The minimum Gasteiger partial charge on any atom is -0.356 e. The summed E-state index contributed by atoms with van der Waals surface area (Å²) in [6.45, 7) is 9.29. The quantitative estimate of drug-likeness (QED) is 0.844. The van der Waals surface area contributed by atoms with Crippen molar-refractivity contribution in [2.75, 3.05) is 26.2 Å². The van der Waals surface area contributed by atoms with Gasteiger partial charge in [-0.05, 0) is 30.0 Å². The van der Waals surface area contributed by atoms with E-state index in [-0.39, 0.29) is 23.7 Å². The van der Waals surface area contributed by atoms with Crippen LogP contribution >= 0.6 is 0 Å². The number of hydrogen-bond acceptors (Lipinski definition) is 3. The second-order valence-electron chi connectivity index (χ2n) is 7.33. The van der Waals surface area contributed by atoms with E-state index in [0.29, 0.717) is 25.4 Å². The minimum atomic E-state index is -0.221. The van der Waals surface area contributed by atoms with Crippen molar-refractivity contribution >= 4 is 11.8 Å². The molecule has 0 saturated carbocycles. The van der Waals surface area contributed by atoms with Gasteiger partial charge in [-0.15, -0.1) is 0 Å². The molecule has 144 valence electrons. The SMILES string of the molecule is CC(=O)NCCC(=O)N1CCCN(Cc2ccc(F)cc2)[C@@H](C(C)C)C1. The number of carbonyl (C=O) groups is 2. The summed E-state index contributed by atoms with van der Waals surface area (Å²) in [4.78, 5) is 27.8. The van der Waals surface area contributed by atoms with Crippen LogP contribution in [0.25, 0.3) is 0 Å². The van der Waals surface area contributed by atoms with Crippen LogP contribution in [0.4, 0.5) is 4.39 Å². The number of rotatable bonds is 6.